The quantitative estimate of drug-likeness (QED) is 0.542. The molecular weight excluding hydrogens is 389 g/mol. The predicted molar refractivity (Wildman–Crippen MR) is 100 cm³/mol. The zero-order valence-electron chi connectivity index (χ0n) is 14.5. The summed E-state index contributed by atoms with van der Waals surface area (Å²) < 4.78 is 3.57. The summed E-state index contributed by atoms with van der Waals surface area (Å²) in [6.45, 7) is 0.369. The average Bonchev–Trinajstić information content (AvgIpc) is 3.21. The number of amidine groups is 1. The highest BCUT2D eigenvalue weighted by Gasteiger charge is 2.51. The van der Waals surface area contributed by atoms with Gasteiger partial charge in [0.1, 0.15) is 6.54 Å². The van der Waals surface area contributed by atoms with Crippen LogP contribution in [0.4, 0.5) is 10.7 Å². The molecule has 1 atom stereocenters. The smallest absolute Gasteiger partial charge is 0.270 e. The van der Waals surface area contributed by atoms with Crippen molar-refractivity contribution in [3.8, 4) is 11.8 Å². The van der Waals surface area contributed by atoms with Crippen LogP contribution in [0.3, 0.4) is 0 Å². The molecule has 0 aliphatic carbocycles. The number of rotatable bonds is 1. The van der Waals surface area contributed by atoms with Crippen LogP contribution in [0.15, 0.2) is 35.6 Å². The first-order chi connectivity index (χ1) is 12.9. The van der Waals surface area contributed by atoms with Crippen molar-refractivity contribution < 1.29 is 14.2 Å². The molecule has 1 aromatic carbocycles. The van der Waals surface area contributed by atoms with Gasteiger partial charge >= 0.3 is 12.0 Å². The fourth-order valence-corrected chi connectivity index (χ4v) is 3.36. The van der Waals surface area contributed by atoms with Crippen molar-refractivity contribution in [3.63, 3.8) is 0 Å². The molecular formula is C18H14Cl2N5O2+. The summed E-state index contributed by atoms with van der Waals surface area (Å²) in [4.78, 5) is 31.6. The fraction of sp³-hybridized carbons (Fsp3) is 0.222. The van der Waals surface area contributed by atoms with Gasteiger partial charge in [0.15, 0.2) is 0 Å². The molecule has 1 fully saturated rings. The molecule has 1 unspecified atom stereocenters. The average molecular weight is 403 g/mol. The molecule has 2 aliphatic heterocycles. The minimum Gasteiger partial charge on any atom is -0.270 e. The first-order valence-electron chi connectivity index (χ1n) is 8.06. The number of benzene rings is 1. The Labute approximate surface area is 165 Å². The summed E-state index contributed by atoms with van der Waals surface area (Å²) in [5, 5.41) is 0.931. The number of nitrogens with zero attached hydrogens (tertiary/aromatic N) is 5. The molecule has 4 rings (SSSR count). The van der Waals surface area contributed by atoms with Crippen molar-refractivity contribution >= 4 is 46.9 Å². The van der Waals surface area contributed by atoms with E-state index in [0.717, 1.165) is 10.5 Å². The SMILES string of the molecule is CN1C(=O)C2C(=Nc3n2cc[n+]3CC#Cc2ccc(Cl)c(Cl)c2)N(C)C1=O. The first kappa shape index (κ1) is 17.6. The molecule has 0 N–H and O–H groups in total. The van der Waals surface area contributed by atoms with Gasteiger partial charge in [-0.1, -0.05) is 40.0 Å². The Morgan fingerprint density at radius 2 is 1.96 bits per heavy atom. The zero-order valence-corrected chi connectivity index (χ0v) is 16.0. The van der Waals surface area contributed by atoms with Crippen molar-refractivity contribution in [1.82, 2.24) is 14.4 Å². The number of likely N-dealkylation sites (N-methyl/N-ethyl adjacent to an activating group) is 2. The monoisotopic (exact) mass is 402 g/mol. The van der Waals surface area contributed by atoms with Crippen molar-refractivity contribution in [1.29, 1.82) is 0 Å². The van der Waals surface area contributed by atoms with Gasteiger partial charge in [0.2, 0.25) is 11.9 Å². The van der Waals surface area contributed by atoms with Crippen LogP contribution >= 0.6 is 23.2 Å². The lowest BCUT2D eigenvalue weighted by Crippen LogP contribution is -2.55. The highest BCUT2D eigenvalue weighted by Crippen LogP contribution is 2.31. The molecule has 7 nitrogen and oxygen atoms in total. The number of fused-ring (bicyclic) bond motifs is 3. The Bertz CT molecular complexity index is 1080. The molecule has 3 amide bonds. The zero-order chi connectivity index (χ0) is 19.3. The Kier molecular flexibility index (Phi) is 4.17. The van der Waals surface area contributed by atoms with Gasteiger partial charge < -0.3 is 0 Å². The summed E-state index contributed by atoms with van der Waals surface area (Å²) >= 11 is 11.9. The van der Waals surface area contributed by atoms with E-state index >= 15 is 0 Å². The van der Waals surface area contributed by atoms with E-state index in [1.807, 2.05) is 10.8 Å². The van der Waals surface area contributed by atoms with Crippen LogP contribution in [0.25, 0.3) is 0 Å². The van der Waals surface area contributed by atoms with Crippen LogP contribution < -0.4 is 4.57 Å². The maximum Gasteiger partial charge on any atom is 0.402 e. The minimum atomic E-state index is -0.628. The predicted octanol–water partition coefficient (Wildman–Crippen LogP) is 2.24. The number of hydrogen-bond donors (Lipinski definition) is 0. The number of halogens is 2. The van der Waals surface area contributed by atoms with Crippen molar-refractivity contribution in [2.24, 2.45) is 4.99 Å². The van der Waals surface area contributed by atoms with Crippen molar-refractivity contribution in [2.75, 3.05) is 14.1 Å². The van der Waals surface area contributed by atoms with Gasteiger partial charge in [0, 0.05) is 19.7 Å². The molecule has 0 radical (unpaired) electrons. The summed E-state index contributed by atoms with van der Waals surface area (Å²) in [5.74, 6) is 6.77. The number of carbonyl (C=O) groups excluding carboxylic acids is 2. The second kappa shape index (κ2) is 6.41. The summed E-state index contributed by atoms with van der Waals surface area (Å²) in [5.41, 5.74) is 0.753. The van der Waals surface area contributed by atoms with E-state index in [9.17, 15) is 9.59 Å². The molecule has 2 aliphatic rings. The number of aromatic nitrogens is 2. The lowest BCUT2D eigenvalue weighted by molar-refractivity contribution is -0.670. The second-order valence-corrected chi connectivity index (χ2v) is 6.99. The number of urea groups is 1. The lowest BCUT2D eigenvalue weighted by Gasteiger charge is -2.30. The molecule has 0 bridgehead atoms. The highest BCUT2D eigenvalue weighted by molar-refractivity contribution is 6.42. The fourth-order valence-electron chi connectivity index (χ4n) is 3.06. The van der Waals surface area contributed by atoms with Crippen LogP contribution in [0.1, 0.15) is 11.6 Å². The molecule has 1 aromatic heterocycles. The van der Waals surface area contributed by atoms with Crippen LogP contribution in [0.5, 0.6) is 0 Å². The van der Waals surface area contributed by atoms with Gasteiger partial charge in [-0.15, -0.1) is 0 Å². The molecule has 0 saturated carbocycles. The van der Waals surface area contributed by atoms with E-state index in [-0.39, 0.29) is 5.91 Å². The molecule has 2 aromatic rings. The number of imide groups is 1. The Hall–Kier alpha value is -2.82. The number of carbonyl (C=O) groups is 2. The van der Waals surface area contributed by atoms with Gasteiger partial charge in [-0.3, -0.25) is 14.6 Å². The maximum absolute atomic E-state index is 12.5. The topological polar surface area (TPSA) is 61.8 Å². The number of hydrogen-bond acceptors (Lipinski definition) is 3. The second-order valence-electron chi connectivity index (χ2n) is 6.18. The van der Waals surface area contributed by atoms with Crippen LogP contribution in [0.2, 0.25) is 10.0 Å². The van der Waals surface area contributed by atoms with Gasteiger partial charge in [-0.2, -0.15) is 0 Å². The third kappa shape index (κ3) is 2.78. The minimum absolute atomic E-state index is 0.305. The molecule has 136 valence electrons. The standard InChI is InChI=1S/C18H14Cl2N5O2/c1-22-15-14(16(26)23(2)18(22)27)25-9-8-24(17(25)21-15)7-3-4-11-5-6-12(19)13(20)10-11/h5-6,8-10,14H,7H2,1-2H3/q+1. The number of imidazole rings is 1. The van der Waals surface area contributed by atoms with E-state index in [1.54, 1.807) is 36.0 Å². The maximum atomic E-state index is 12.5. The van der Waals surface area contributed by atoms with Gasteiger partial charge in [-0.05, 0) is 18.2 Å². The van der Waals surface area contributed by atoms with Crippen LogP contribution in [-0.4, -0.2) is 46.2 Å². The van der Waals surface area contributed by atoms with Gasteiger partial charge in [0.05, 0.1) is 22.4 Å². The van der Waals surface area contributed by atoms with E-state index in [4.69, 9.17) is 23.2 Å². The molecule has 27 heavy (non-hydrogen) atoms. The summed E-state index contributed by atoms with van der Waals surface area (Å²) in [6, 6.07) is 4.17. The van der Waals surface area contributed by atoms with E-state index < -0.39 is 12.1 Å². The lowest BCUT2D eigenvalue weighted by atomic mass is 10.2. The van der Waals surface area contributed by atoms with E-state index in [2.05, 4.69) is 16.8 Å². The molecule has 0 spiro atoms. The Morgan fingerprint density at radius 1 is 1.19 bits per heavy atom. The molecule has 1 saturated heterocycles. The van der Waals surface area contributed by atoms with E-state index in [0.29, 0.717) is 28.4 Å². The van der Waals surface area contributed by atoms with Crippen LogP contribution in [0, 0.1) is 11.8 Å². The van der Waals surface area contributed by atoms with Crippen molar-refractivity contribution in [3.05, 3.63) is 46.2 Å². The number of aliphatic imine (C=N–C) groups is 1. The Balaban J connectivity index is 1.62. The third-order valence-corrected chi connectivity index (χ3v) is 5.26. The number of amides is 3. The van der Waals surface area contributed by atoms with E-state index in [1.165, 1.54) is 11.9 Å². The summed E-state index contributed by atoms with van der Waals surface area (Å²) in [7, 11) is 3.08. The van der Waals surface area contributed by atoms with Crippen LogP contribution in [-0.2, 0) is 11.3 Å². The molecule has 9 heteroatoms. The highest BCUT2D eigenvalue weighted by atomic mass is 35.5. The normalized spacial score (nSPS) is 18.1. The first-order valence-corrected chi connectivity index (χ1v) is 8.82. The Morgan fingerprint density at radius 3 is 2.70 bits per heavy atom. The van der Waals surface area contributed by atoms with Crippen molar-refractivity contribution in [2.45, 2.75) is 12.6 Å². The largest absolute Gasteiger partial charge is 0.402 e. The van der Waals surface area contributed by atoms with Gasteiger partial charge in [-0.25, -0.2) is 13.9 Å². The third-order valence-electron chi connectivity index (χ3n) is 4.52. The summed E-state index contributed by atoms with van der Waals surface area (Å²) in [6.07, 6.45) is 3.58. The van der Waals surface area contributed by atoms with Gasteiger partial charge in [0.25, 0.3) is 5.91 Å². The molecule has 3 heterocycles.